The number of H-pyrrole nitrogens is 1. The summed E-state index contributed by atoms with van der Waals surface area (Å²) in [6.07, 6.45) is 2.13. The van der Waals surface area contributed by atoms with Gasteiger partial charge in [0.1, 0.15) is 16.5 Å². The van der Waals surface area contributed by atoms with Crippen molar-refractivity contribution in [1.82, 2.24) is 14.7 Å². The van der Waals surface area contributed by atoms with Crippen LogP contribution in [0.1, 0.15) is 30.8 Å². The summed E-state index contributed by atoms with van der Waals surface area (Å²) in [5.74, 6) is -0.287. The first-order chi connectivity index (χ1) is 12.4. The van der Waals surface area contributed by atoms with Crippen molar-refractivity contribution < 1.29 is 12.8 Å². The van der Waals surface area contributed by atoms with Crippen LogP contribution in [0.2, 0.25) is 0 Å². The van der Waals surface area contributed by atoms with Gasteiger partial charge in [-0.05, 0) is 36.6 Å². The third kappa shape index (κ3) is 3.84. The zero-order valence-corrected chi connectivity index (χ0v) is 15.3. The van der Waals surface area contributed by atoms with Crippen LogP contribution < -0.4 is 4.72 Å². The molecular formula is C19H20FN3O2S. The Labute approximate surface area is 152 Å². The Morgan fingerprint density at radius 2 is 1.92 bits per heavy atom. The molecule has 0 spiro atoms. The minimum atomic E-state index is -4.01. The lowest BCUT2D eigenvalue weighted by atomic mass is 10.2. The van der Waals surface area contributed by atoms with E-state index in [2.05, 4.69) is 14.7 Å². The Hall–Kier alpha value is -2.51. The van der Waals surface area contributed by atoms with Gasteiger partial charge in [-0.15, -0.1) is 0 Å². The van der Waals surface area contributed by atoms with Gasteiger partial charge in [-0.25, -0.2) is 22.5 Å². The monoisotopic (exact) mass is 373 g/mol. The lowest BCUT2D eigenvalue weighted by Gasteiger charge is -2.15. The third-order valence-electron chi connectivity index (χ3n) is 4.09. The molecule has 1 unspecified atom stereocenters. The summed E-state index contributed by atoms with van der Waals surface area (Å²) < 4.78 is 41.8. The molecule has 5 nitrogen and oxygen atoms in total. The first-order valence-corrected chi connectivity index (χ1v) is 9.78. The molecule has 2 aromatic carbocycles. The first-order valence-electron chi connectivity index (χ1n) is 8.29. The van der Waals surface area contributed by atoms with Crippen molar-refractivity contribution in [2.45, 2.75) is 31.2 Å². The van der Waals surface area contributed by atoms with Crippen molar-refractivity contribution in [1.29, 1.82) is 0 Å². The predicted octanol–water partition coefficient (Wildman–Crippen LogP) is 3.95. The van der Waals surface area contributed by atoms with Gasteiger partial charge in [-0.2, -0.15) is 0 Å². The number of sulfonamides is 1. The molecule has 0 aliphatic carbocycles. The predicted molar refractivity (Wildman–Crippen MR) is 98.5 cm³/mol. The normalized spacial score (nSPS) is 12.9. The maximum Gasteiger partial charge on any atom is 0.244 e. The lowest BCUT2D eigenvalue weighted by Crippen LogP contribution is -2.29. The summed E-state index contributed by atoms with van der Waals surface area (Å²) in [6, 6.07) is 13.0. The maximum atomic E-state index is 14.0. The zero-order chi connectivity index (χ0) is 18.7. The molecule has 136 valence electrons. The molecule has 0 amide bonds. The number of halogens is 1. The molecule has 3 aromatic rings. The van der Waals surface area contributed by atoms with Gasteiger partial charge >= 0.3 is 0 Å². The quantitative estimate of drug-likeness (QED) is 0.687. The van der Waals surface area contributed by atoms with Crippen LogP contribution in [0.4, 0.5) is 4.39 Å². The number of aryl methyl sites for hydroxylation is 1. The SMILES string of the molecule is CCC(NS(=O)(=O)c1cc(C)ccc1F)c1ncc(-c2ccccc2)[nH]1. The van der Waals surface area contributed by atoms with Crippen LogP contribution in [0.3, 0.4) is 0 Å². The average Bonchev–Trinajstić information content (AvgIpc) is 3.12. The van der Waals surface area contributed by atoms with Crippen molar-refractivity contribution in [3.05, 3.63) is 71.9 Å². The molecule has 1 heterocycles. The van der Waals surface area contributed by atoms with E-state index in [-0.39, 0.29) is 4.90 Å². The van der Waals surface area contributed by atoms with E-state index in [1.807, 2.05) is 37.3 Å². The van der Waals surface area contributed by atoms with Crippen molar-refractivity contribution in [3.8, 4) is 11.3 Å². The number of nitrogens with zero attached hydrogens (tertiary/aromatic N) is 1. The Morgan fingerprint density at radius 3 is 2.62 bits per heavy atom. The van der Waals surface area contributed by atoms with Crippen LogP contribution in [0.25, 0.3) is 11.3 Å². The van der Waals surface area contributed by atoms with Crippen LogP contribution in [0.5, 0.6) is 0 Å². The molecular weight excluding hydrogens is 353 g/mol. The summed E-state index contributed by atoms with van der Waals surface area (Å²) in [7, 11) is -4.01. The minimum Gasteiger partial charge on any atom is -0.341 e. The largest absolute Gasteiger partial charge is 0.341 e. The van der Waals surface area contributed by atoms with Crippen molar-refractivity contribution in [2.75, 3.05) is 0 Å². The van der Waals surface area contributed by atoms with E-state index in [1.54, 1.807) is 13.1 Å². The van der Waals surface area contributed by atoms with E-state index < -0.39 is 21.9 Å². The van der Waals surface area contributed by atoms with Gasteiger partial charge in [0.15, 0.2) is 0 Å². The Bertz CT molecular complexity index is 1000. The molecule has 0 radical (unpaired) electrons. The van der Waals surface area contributed by atoms with Crippen molar-refractivity contribution in [2.24, 2.45) is 0 Å². The second-order valence-corrected chi connectivity index (χ2v) is 7.75. The van der Waals surface area contributed by atoms with E-state index in [0.29, 0.717) is 17.8 Å². The lowest BCUT2D eigenvalue weighted by molar-refractivity contribution is 0.527. The highest BCUT2D eigenvalue weighted by Gasteiger charge is 2.25. The second kappa shape index (κ2) is 7.39. The standard InChI is InChI=1S/C19H20FN3O2S/c1-3-16(19-21-12-17(22-19)14-7-5-4-6-8-14)23-26(24,25)18-11-13(2)9-10-15(18)20/h4-12,16,23H,3H2,1-2H3,(H,21,22). The van der Waals surface area contributed by atoms with Gasteiger partial charge in [-0.1, -0.05) is 43.3 Å². The molecule has 0 saturated heterocycles. The summed E-state index contributed by atoms with van der Waals surface area (Å²) in [5.41, 5.74) is 2.41. The molecule has 0 saturated carbocycles. The van der Waals surface area contributed by atoms with Gasteiger partial charge in [0.2, 0.25) is 10.0 Å². The maximum absolute atomic E-state index is 14.0. The summed E-state index contributed by atoms with van der Waals surface area (Å²) in [4.78, 5) is 7.10. The van der Waals surface area contributed by atoms with Gasteiger partial charge < -0.3 is 4.98 Å². The Kier molecular flexibility index (Phi) is 5.20. The van der Waals surface area contributed by atoms with E-state index >= 15 is 0 Å². The van der Waals surface area contributed by atoms with Gasteiger partial charge in [0.05, 0.1) is 17.9 Å². The first kappa shape index (κ1) is 18.3. The van der Waals surface area contributed by atoms with E-state index in [0.717, 1.165) is 17.3 Å². The average molecular weight is 373 g/mol. The van der Waals surface area contributed by atoms with Gasteiger partial charge in [-0.3, -0.25) is 0 Å². The number of nitrogens with one attached hydrogen (secondary N) is 2. The molecule has 1 aromatic heterocycles. The highest BCUT2D eigenvalue weighted by Crippen LogP contribution is 2.23. The number of benzene rings is 2. The van der Waals surface area contributed by atoms with E-state index in [9.17, 15) is 12.8 Å². The molecule has 0 bridgehead atoms. The number of aromatic nitrogens is 2. The summed E-state index contributed by atoms with van der Waals surface area (Å²) in [6.45, 7) is 3.55. The molecule has 0 aliphatic heterocycles. The van der Waals surface area contributed by atoms with Crippen LogP contribution in [0.15, 0.2) is 59.6 Å². The number of hydrogen-bond acceptors (Lipinski definition) is 3. The summed E-state index contributed by atoms with van der Waals surface area (Å²) in [5, 5.41) is 0. The molecule has 3 rings (SSSR count). The van der Waals surface area contributed by atoms with E-state index in [4.69, 9.17) is 0 Å². The minimum absolute atomic E-state index is 0.356. The third-order valence-corrected chi connectivity index (χ3v) is 5.58. The fraction of sp³-hybridized carbons (Fsp3) is 0.211. The molecule has 2 N–H and O–H groups in total. The zero-order valence-electron chi connectivity index (χ0n) is 14.5. The van der Waals surface area contributed by atoms with Gasteiger partial charge in [0, 0.05) is 0 Å². The highest BCUT2D eigenvalue weighted by atomic mass is 32.2. The van der Waals surface area contributed by atoms with Crippen LogP contribution >= 0.6 is 0 Å². The van der Waals surface area contributed by atoms with Crippen molar-refractivity contribution in [3.63, 3.8) is 0 Å². The van der Waals surface area contributed by atoms with Crippen LogP contribution in [-0.2, 0) is 10.0 Å². The smallest absolute Gasteiger partial charge is 0.244 e. The van der Waals surface area contributed by atoms with Crippen LogP contribution in [-0.4, -0.2) is 18.4 Å². The fourth-order valence-corrected chi connectivity index (χ4v) is 4.12. The number of aromatic amines is 1. The van der Waals surface area contributed by atoms with Crippen LogP contribution in [0, 0.1) is 12.7 Å². The summed E-state index contributed by atoms with van der Waals surface area (Å²) >= 11 is 0. The number of hydrogen-bond donors (Lipinski definition) is 2. The Morgan fingerprint density at radius 1 is 1.19 bits per heavy atom. The molecule has 1 atom stereocenters. The molecule has 0 aliphatic rings. The second-order valence-electron chi connectivity index (χ2n) is 6.06. The number of imidazole rings is 1. The van der Waals surface area contributed by atoms with Gasteiger partial charge in [0.25, 0.3) is 0 Å². The molecule has 26 heavy (non-hydrogen) atoms. The molecule has 0 fully saturated rings. The van der Waals surface area contributed by atoms with Crippen molar-refractivity contribution >= 4 is 10.0 Å². The highest BCUT2D eigenvalue weighted by molar-refractivity contribution is 7.89. The number of rotatable bonds is 6. The molecule has 7 heteroatoms. The Balaban J connectivity index is 1.88. The topological polar surface area (TPSA) is 74.8 Å². The fourth-order valence-electron chi connectivity index (χ4n) is 2.68. The van der Waals surface area contributed by atoms with E-state index in [1.165, 1.54) is 12.1 Å².